The number of esters is 1. The molecule has 3 rings (SSSR count). The number of carbonyl (C=O) groups excluding carboxylic acids is 3. The van der Waals surface area contributed by atoms with Crippen molar-refractivity contribution in [1.29, 1.82) is 0 Å². The van der Waals surface area contributed by atoms with Crippen LogP contribution in [-0.4, -0.2) is 22.8 Å². The van der Waals surface area contributed by atoms with Crippen LogP contribution in [0.25, 0.3) is 0 Å². The monoisotopic (exact) mass is 389 g/mol. The smallest absolute Gasteiger partial charge is 0.308 e. The number of nitrogens with one attached hydrogen (secondary N) is 2. The number of carbonyl (C=O) groups is 3. The molecule has 2 amide bonds. The van der Waals surface area contributed by atoms with Gasteiger partial charge in [-0.15, -0.1) is 0 Å². The molecule has 0 radical (unpaired) electrons. The van der Waals surface area contributed by atoms with Crippen LogP contribution in [0.4, 0.5) is 5.69 Å². The third kappa shape index (κ3) is 5.49. The van der Waals surface area contributed by atoms with Gasteiger partial charge in [-0.05, 0) is 42.0 Å². The van der Waals surface area contributed by atoms with Crippen LogP contribution in [-0.2, 0) is 11.3 Å². The average molecular weight is 389 g/mol. The fourth-order valence-corrected chi connectivity index (χ4v) is 2.64. The number of aromatic nitrogens is 1. The van der Waals surface area contributed by atoms with E-state index < -0.39 is 5.97 Å². The lowest BCUT2D eigenvalue weighted by atomic mass is 10.1. The van der Waals surface area contributed by atoms with Crippen molar-refractivity contribution in [3.05, 3.63) is 89.7 Å². The first kappa shape index (κ1) is 19.8. The Kier molecular flexibility index (Phi) is 6.32. The zero-order valence-electron chi connectivity index (χ0n) is 15.7. The molecule has 0 atom stereocenters. The second-order valence-corrected chi connectivity index (χ2v) is 6.15. The highest BCUT2D eigenvalue weighted by atomic mass is 16.5. The molecule has 2 aromatic carbocycles. The first-order valence-corrected chi connectivity index (χ1v) is 8.89. The molecule has 0 aliphatic heterocycles. The van der Waals surface area contributed by atoms with E-state index in [-0.39, 0.29) is 18.4 Å². The third-order valence-electron chi connectivity index (χ3n) is 4.01. The predicted molar refractivity (Wildman–Crippen MR) is 108 cm³/mol. The average Bonchev–Trinajstić information content (AvgIpc) is 2.73. The number of anilines is 1. The van der Waals surface area contributed by atoms with E-state index in [4.69, 9.17) is 4.74 Å². The Morgan fingerprint density at radius 3 is 2.41 bits per heavy atom. The Hall–Kier alpha value is -4.00. The van der Waals surface area contributed by atoms with Crippen molar-refractivity contribution < 1.29 is 19.1 Å². The van der Waals surface area contributed by atoms with Gasteiger partial charge in [-0.3, -0.25) is 19.4 Å². The number of pyridine rings is 1. The Morgan fingerprint density at radius 2 is 1.66 bits per heavy atom. The number of benzene rings is 2. The molecule has 0 fully saturated rings. The van der Waals surface area contributed by atoms with Crippen LogP contribution >= 0.6 is 0 Å². The molecule has 1 heterocycles. The second kappa shape index (κ2) is 9.27. The first-order chi connectivity index (χ1) is 14.0. The summed E-state index contributed by atoms with van der Waals surface area (Å²) in [6.07, 6.45) is 3.10. The number of hydrogen-bond acceptors (Lipinski definition) is 5. The third-order valence-corrected chi connectivity index (χ3v) is 4.01. The van der Waals surface area contributed by atoms with Crippen molar-refractivity contribution in [2.45, 2.75) is 13.5 Å². The van der Waals surface area contributed by atoms with E-state index in [9.17, 15) is 14.4 Å². The van der Waals surface area contributed by atoms with Gasteiger partial charge in [0.1, 0.15) is 5.75 Å². The summed E-state index contributed by atoms with van der Waals surface area (Å²) in [5.74, 6) is -0.754. The fourth-order valence-electron chi connectivity index (χ4n) is 2.64. The molecule has 0 saturated heterocycles. The summed E-state index contributed by atoms with van der Waals surface area (Å²) < 4.78 is 5.02. The van der Waals surface area contributed by atoms with Crippen LogP contribution in [0.15, 0.2) is 73.1 Å². The van der Waals surface area contributed by atoms with Crippen molar-refractivity contribution in [2.24, 2.45) is 0 Å². The largest absolute Gasteiger partial charge is 0.427 e. The second-order valence-electron chi connectivity index (χ2n) is 6.15. The maximum Gasteiger partial charge on any atom is 0.308 e. The Morgan fingerprint density at radius 1 is 0.897 bits per heavy atom. The molecule has 0 saturated carbocycles. The molecule has 7 heteroatoms. The molecule has 2 N–H and O–H groups in total. The fraction of sp³-hybridized carbons (Fsp3) is 0.0909. The lowest BCUT2D eigenvalue weighted by Crippen LogP contribution is -2.24. The highest BCUT2D eigenvalue weighted by Gasteiger charge is 2.12. The quantitative estimate of drug-likeness (QED) is 0.498. The van der Waals surface area contributed by atoms with E-state index in [2.05, 4.69) is 15.6 Å². The molecule has 0 aliphatic carbocycles. The Balaban J connectivity index is 1.70. The molecule has 0 unspecified atom stereocenters. The highest BCUT2D eigenvalue weighted by molar-refractivity contribution is 6.05. The van der Waals surface area contributed by atoms with Gasteiger partial charge in [-0.2, -0.15) is 0 Å². The van der Waals surface area contributed by atoms with Crippen LogP contribution in [0.2, 0.25) is 0 Å². The van der Waals surface area contributed by atoms with E-state index in [1.54, 1.807) is 54.9 Å². The van der Waals surface area contributed by atoms with Gasteiger partial charge >= 0.3 is 5.97 Å². The van der Waals surface area contributed by atoms with Crippen molar-refractivity contribution in [3.8, 4) is 5.75 Å². The number of amides is 2. The van der Waals surface area contributed by atoms with E-state index in [0.717, 1.165) is 5.56 Å². The minimum Gasteiger partial charge on any atom is -0.427 e. The van der Waals surface area contributed by atoms with Gasteiger partial charge < -0.3 is 15.4 Å². The molecule has 29 heavy (non-hydrogen) atoms. The lowest BCUT2D eigenvalue weighted by molar-refractivity contribution is -0.131. The van der Waals surface area contributed by atoms with Gasteiger partial charge in [0.25, 0.3) is 11.8 Å². The van der Waals surface area contributed by atoms with E-state index >= 15 is 0 Å². The summed E-state index contributed by atoms with van der Waals surface area (Å²) >= 11 is 0. The number of hydrogen-bond donors (Lipinski definition) is 2. The molecule has 3 aromatic rings. The molecular weight excluding hydrogens is 370 g/mol. The molecular formula is C22H19N3O4. The van der Waals surface area contributed by atoms with Gasteiger partial charge in [0, 0.05) is 42.7 Å². The summed E-state index contributed by atoms with van der Waals surface area (Å²) in [6.45, 7) is 1.54. The van der Waals surface area contributed by atoms with Crippen LogP contribution < -0.4 is 15.4 Å². The van der Waals surface area contributed by atoms with Crippen molar-refractivity contribution >= 4 is 23.5 Å². The summed E-state index contributed by atoms with van der Waals surface area (Å²) in [5.41, 5.74) is 2.17. The normalized spacial score (nSPS) is 10.1. The zero-order chi connectivity index (χ0) is 20.6. The Bertz CT molecular complexity index is 1030. The SMILES string of the molecule is CC(=O)Oc1cccc(C(=O)Nc2ccccc2CNC(=O)c2ccncc2)c1. The van der Waals surface area contributed by atoms with Crippen molar-refractivity contribution in [1.82, 2.24) is 10.3 Å². The maximum atomic E-state index is 12.6. The molecule has 146 valence electrons. The van der Waals surface area contributed by atoms with Gasteiger partial charge in [0.15, 0.2) is 0 Å². The van der Waals surface area contributed by atoms with E-state index in [1.165, 1.54) is 13.0 Å². The van der Waals surface area contributed by atoms with Gasteiger partial charge in [0.05, 0.1) is 0 Å². The summed E-state index contributed by atoms with van der Waals surface area (Å²) in [6, 6.07) is 16.8. The number of para-hydroxylation sites is 1. The topological polar surface area (TPSA) is 97.4 Å². The van der Waals surface area contributed by atoms with Gasteiger partial charge in [0.2, 0.25) is 0 Å². The number of ether oxygens (including phenoxy) is 1. The molecule has 1 aromatic heterocycles. The van der Waals surface area contributed by atoms with Crippen LogP contribution in [0.5, 0.6) is 5.75 Å². The molecule has 0 spiro atoms. The number of nitrogens with zero attached hydrogens (tertiary/aromatic N) is 1. The van der Waals surface area contributed by atoms with Gasteiger partial charge in [-0.1, -0.05) is 24.3 Å². The van der Waals surface area contributed by atoms with Crippen molar-refractivity contribution in [2.75, 3.05) is 5.32 Å². The molecule has 7 nitrogen and oxygen atoms in total. The minimum atomic E-state index is -0.460. The summed E-state index contributed by atoms with van der Waals surface area (Å²) in [7, 11) is 0. The summed E-state index contributed by atoms with van der Waals surface area (Å²) in [4.78, 5) is 39.8. The van der Waals surface area contributed by atoms with Crippen LogP contribution in [0.1, 0.15) is 33.2 Å². The molecule has 0 bridgehead atoms. The van der Waals surface area contributed by atoms with Crippen molar-refractivity contribution in [3.63, 3.8) is 0 Å². The number of rotatable bonds is 6. The highest BCUT2D eigenvalue weighted by Crippen LogP contribution is 2.18. The maximum absolute atomic E-state index is 12.6. The zero-order valence-corrected chi connectivity index (χ0v) is 15.7. The Labute approximate surface area is 167 Å². The van der Waals surface area contributed by atoms with Gasteiger partial charge in [-0.25, -0.2) is 0 Å². The van der Waals surface area contributed by atoms with E-state index in [1.807, 2.05) is 12.1 Å². The van der Waals surface area contributed by atoms with E-state index in [0.29, 0.717) is 22.6 Å². The lowest BCUT2D eigenvalue weighted by Gasteiger charge is -2.12. The van der Waals surface area contributed by atoms with Crippen LogP contribution in [0, 0.1) is 0 Å². The predicted octanol–water partition coefficient (Wildman–Crippen LogP) is 3.19. The summed E-state index contributed by atoms with van der Waals surface area (Å²) in [5, 5.41) is 5.65. The van der Waals surface area contributed by atoms with Crippen LogP contribution in [0.3, 0.4) is 0 Å². The first-order valence-electron chi connectivity index (χ1n) is 8.89. The minimum absolute atomic E-state index is 0.234. The standard InChI is InChI=1S/C22H19N3O4/c1-15(26)29-19-7-4-6-17(13-19)22(28)25-20-8-3-2-5-18(20)14-24-21(27)16-9-11-23-12-10-16/h2-13H,14H2,1H3,(H,24,27)(H,25,28). The molecule has 0 aliphatic rings.